The maximum absolute atomic E-state index is 13.5. The van der Waals surface area contributed by atoms with Crippen molar-refractivity contribution < 1.29 is 13.6 Å². The Labute approximate surface area is 141 Å². The Morgan fingerprint density at radius 1 is 1.12 bits per heavy atom. The lowest BCUT2D eigenvalue weighted by atomic mass is 10.1. The fourth-order valence-electron chi connectivity index (χ4n) is 3.30. The molecule has 5 nitrogen and oxygen atoms in total. The number of rotatable bonds is 1. The Morgan fingerprint density at radius 2 is 1.80 bits per heavy atom. The van der Waals surface area contributed by atoms with Gasteiger partial charge in [-0.2, -0.15) is 0 Å². The largest absolute Gasteiger partial charge is 0.338 e. The zero-order valence-electron chi connectivity index (χ0n) is 13.6. The third kappa shape index (κ3) is 2.47. The summed E-state index contributed by atoms with van der Waals surface area (Å²) in [6, 6.07) is 3.46. The van der Waals surface area contributed by atoms with E-state index in [0.29, 0.717) is 24.1 Å². The molecule has 1 saturated heterocycles. The number of aryl methyl sites for hydroxylation is 1. The molecule has 7 heteroatoms. The normalized spacial score (nSPS) is 14.6. The second-order valence-corrected chi connectivity index (χ2v) is 6.30. The predicted molar refractivity (Wildman–Crippen MR) is 89.5 cm³/mol. The van der Waals surface area contributed by atoms with Crippen LogP contribution in [0.3, 0.4) is 0 Å². The summed E-state index contributed by atoms with van der Waals surface area (Å²) in [6.07, 6.45) is 3.32. The number of amides is 1. The number of likely N-dealkylation sites (tertiary alicyclic amines) is 1. The molecular weight excluding hydrogens is 328 g/mol. The molecule has 0 saturated carbocycles. The number of nitrogens with zero attached hydrogens (tertiary/aromatic N) is 3. The van der Waals surface area contributed by atoms with Crippen LogP contribution in [-0.4, -0.2) is 33.4 Å². The van der Waals surface area contributed by atoms with Crippen LogP contribution < -0.4 is 5.43 Å². The zero-order valence-corrected chi connectivity index (χ0v) is 13.6. The molecule has 0 N–H and O–H groups in total. The monoisotopic (exact) mass is 343 g/mol. The minimum Gasteiger partial charge on any atom is -0.338 e. The number of hydrogen-bond acceptors (Lipinski definition) is 3. The molecule has 0 bridgehead atoms. The van der Waals surface area contributed by atoms with Crippen molar-refractivity contribution in [3.63, 3.8) is 0 Å². The number of hydrogen-bond donors (Lipinski definition) is 0. The molecule has 0 radical (unpaired) electrons. The molecule has 1 aliphatic rings. The molecular formula is C18H15F2N3O2. The summed E-state index contributed by atoms with van der Waals surface area (Å²) in [5, 5.41) is 0.528. The minimum atomic E-state index is -1.00. The van der Waals surface area contributed by atoms with E-state index in [9.17, 15) is 18.4 Å². The van der Waals surface area contributed by atoms with Crippen LogP contribution in [0.2, 0.25) is 0 Å². The van der Waals surface area contributed by atoms with Gasteiger partial charge in [0.1, 0.15) is 11.2 Å². The topological polar surface area (TPSA) is 55.2 Å². The lowest BCUT2D eigenvalue weighted by Gasteiger charge is -2.16. The van der Waals surface area contributed by atoms with Crippen molar-refractivity contribution in [2.75, 3.05) is 13.1 Å². The van der Waals surface area contributed by atoms with E-state index in [1.165, 1.54) is 12.3 Å². The maximum atomic E-state index is 13.5. The van der Waals surface area contributed by atoms with Gasteiger partial charge < -0.3 is 9.47 Å². The fraction of sp³-hybridized carbons (Fsp3) is 0.278. The van der Waals surface area contributed by atoms with E-state index < -0.39 is 17.1 Å². The number of carbonyl (C=O) groups is 1. The third-order valence-electron chi connectivity index (χ3n) is 4.61. The van der Waals surface area contributed by atoms with E-state index in [1.54, 1.807) is 16.5 Å². The summed E-state index contributed by atoms with van der Waals surface area (Å²) in [6.45, 7) is 1.28. The van der Waals surface area contributed by atoms with Crippen molar-refractivity contribution in [3.05, 3.63) is 51.8 Å². The first kappa shape index (κ1) is 15.7. The molecule has 2 aromatic heterocycles. The van der Waals surface area contributed by atoms with Gasteiger partial charge in [0.05, 0.1) is 10.9 Å². The van der Waals surface area contributed by atoms with E-state index in [-0.39, 0.29) is 22.4 Å². The fourth-order valence-corrected chi connectivity index (χ4v) is 3.30. The van der Waals surface area contributed by atoms with Crippen LogP contribution in [0.15, 0.2) is 29.2 Å². The third-order valence-corrected chi connectivity index (χ3v) is 4.61. The van der Waals surface area contributed by atoms with Crippen LogP contribution in [0.25, 0.3) is 21.9 Å². The molecule has 1 aliphatic heterocycles. The van der Waals surface area contributed by atoms with Gasteiger partial charge in [0, 0.05) is 37.8 Å². The zero-order chi connectivity index (χ0) is 17.7. The second-order valence-electron chi connectivity index (χ2n) is 6.30. The van der Waals surface area contributed by atoms with Crippen LogP contribution in [-0.2, 0) is 7.05 Å². The summed E-state index contributed by atoms with van der Waals surface area (Å²) >= 11 is 0. The highest BCUT2D eigenvalue weighted by atomic mass is 19.2. The summed E-state index contributed by atoms with van der Waals surface area (Å²) in [4.78, 5) is 31.3. The van der Waals surface area contributed by atoms with Crippen molar-refractivity contribution in [3.8, 4) is 0 Å². The molecule has 25 heavy (non-hydrogen) atoms. The van der Waals surface area contributed by atoms with Gasteiger partial charge in [-0.15, -0.1) is 0 Å². The molecule has 0 spiro atoms. The Morgan fingerprint density at radius 3 is 2.52 bits per heavy atom. The summed E-state index contributed by atoms with van der Waals surface area (Å²) in [5.41, 5.74) is 0.200. The van der Waals surface area contributed by atoms with Crippen molar-refractivity contribution in [2.24, 2.45) is 7.05 Å². The minimum absolute atomic E-state index is 0.0700. The Hall–Kier alpha value is -2.83. The van der Waals surface area contributed by atoms with Gasteiger partial charge in [-0.3, -0.25) is 9.59 Å². The number of carbonyl (C=O) groups excluding carboxylic acids is 1. The molecule has 1 fully saturated rings. The molecule has 1 aromatic carbocycles. The lowest BCUT2D eigenvalue weighted by Crippen LogP contribution is -2.32. The first-order valence-electron chi connectivity index (χ1n) is 8.04. The van der Waals surface area contributed by atoms with E-state index in [1.807, 2.05) is 0 Å². The van der Waals surface area contributed by atoms with Crippen molar-refractivity contribution >= 4 is 27.8 Å². The molecule has 1 amide bonds. The van der Waals surface area contributed by atoms with E-state index in [0.717, 1.165) is 25.0 Å². The second kappa shape index (κ2) is 5.61. The predicted octanol–water partition coefficient (Wildman–Crippen LogP) is 2.60. The Balaban J connectivity index is 1.97. The highest BCUT2D eigenvalue weighted by Gasteiger charge is 2.23. The van der Waals surface area contributed by atoms with Gasteiger partial charge in [-0.05, 0) is 25.0 Å². The molecule has 0 aliphatic carbocycles. The van der Waals surface area contributed by atoms with Gasteiger partial charge in [0.15, 0.2) is 11.6 Å². The van der Waals surface area contributed by atoms with Gasteiger partial charge in [-0.1, -0.05) is 0 Å². The number of fused-ring (bicyclic) bond motifs is 2. The molecule has 128 valence electrons. The van der Waals surface area contributed by atoms with Gasteiger partial charge in [0.25, 0.3) is 5.91 Å². The van der Waals surface area contributed by atoms with Crippen LogP contribution in [0.5, 0.6) is 0 Å². The van der Waals surface area contributed by atoms with E-state index >= 15 is 0 Å². The van der Waals surface area contributed by atoms with Crippen molar-refractivity contribution in [2.45, 2.75) is 12.8 Å². The molecule has 0 unspecified atom stereocenters. The highest BCUT2D eigenvalue weighted by molar-refractivity contribution is 5.99. The van der Waals surface area contributed by atoms with Gasteiger partial charge in [-0.25, -0.2) is 13.8 Å². The maximum Gasteiger partial charge on any atom is 0.259 e. The first-order chi connectivity index (χ1) is 12.0. The van der Waals surface area contributed by atoms with E-state index in [2.05, 4.69) is 4.98 Å². The van der Waals surface area contributed by atoms with Crippen molar-refractivity contribution in [1.82, 2.24) is 14.5 Å². The summed E-state index contributed by atoms with van der Waals surface area (Å²) < 4.78 is 28.5. The Bertz CT molecular complexity index is 1090. The Kier molecular flexibility index (Phi) is 3.52. The van der Waals surface area contributed by atoms with Gasteiger partial charge >= 0.3 is 0 Å². The van der Waals surface area contributed by atoms with Crippen molar-refractivity contribution in [1.29, 1.82) is 0 Å². The average Bonchev–Trinajstić information content (AvgIpc) is 3.12. The number of pyridine rings is 2. The smallest absolute Gasteiger partial charge is 0.259 e. The average molecular weight is 343 g/mol. The van der Waals surface area contributed by atoms with Crippen LogP contribution in [0, 0.1) is 11.6 Å². The molecule has 3 aromatic rings. The molecule has 4 rings (SSSR count). The first-order valence-corrected chi connectivity index (χ1v) is 8.04. The van der Waals surface area contributed by atoms with Crippen LogP contribution >= 0.6 is 0 Å². The molecule has 3 heterocycles. The van der Waals surface area contributed by atoms with Gasteiger partial charge in [0.2, 0.25) is 5.43 Å². The summed E-state index contributed by atoms with van der Waals surface area (Å²) in [5.74, 6) is -2.30. The summed E-state index contributed by atoms with van der Waals surface area (Å²) in [7, 11) is 1.67. The lowest BCUT2D eigenvalue weighted by molar-refractivity contribution is 0.0791. The number of benzene rings is 1. The van der Waals surface area contributed by atoms with Crippen LogP contribution in [0.1, 0.15) is 23.2 Å². The van der Waals surface area contributed by atoms with E-state index in [4.69, 9.17) is 0 Å². The SMILES string of the molecule is Cn1cc(C(=O)N2CCCC2)c(=O)c2cc3cc(F)c(F)cc3nc21. The quantitative estimate of drug-likeness (QED) is 0.638. The number of halogens is 2. The standard InChI is InChI=1S/C18H15F2N3O2/c1-22-9-12(18(25)23-4-2-3-5-23)16(24)11-6-10-7-13(19)14(20)8-15(10)21-17(11)22/h6-9H,2-5H2,1H3. The van der Waals surface area contributed by atoms with Crippen LogP contribution in [0.4, 0.5) is 8.78 Å². The molecule has 0 atom stereocenters. The highest BCUT2D eigenvalue weighted by Crippen LogP contribution is 2.21. The number of aromatic nitrogens is 2.